The fourth-order valence-corrected chi connectivity index (χ4v) is 4.98. The van der Waals surface area contributed by atoms with E-state index in [2.05, 4.69) is 56.4 Å². The molecule has 8 heteroatoms. The minimum atomic E-state index is -0.628. The molecule has 7 nitrogen and oxygen atoms in total. The summed E-state index contributed by atoms with van der Waals surface area (Å²) in [6.07, 6.45) is 5.37. The van der Waals surface area contributed by atoms with Gasteiger partial charge in [0, 0.05) is 16.6 Å². The van der Waals surface area contributed by atoms with Crippen molar-refractivity contribution in [1.82, 2.24) is 20.1 Å². The van der Waals surface area contributed by atoms with Gasteiger partial charge in [-0.05, 0) is 70.9 Å². The van der Waals surface area contributed by atoms with Crippen molar-refractivity contribution in [3.8, 4) is 11.4 Å². The van der Waals surface area contributed by atoms with Crippen LogP contribution in [0, 0.1) is 17.8 Å². The lowest BCUT2D eigenvalue weighted by molar-refractivity contribution is -0.164. The maximum Gasteiger partial charge on any atom is 0.310 e. The fraction of sp³-hybridized carbons (Fsp3) is 0.571. The first-order valence-electron chi connectivity index (χ1n) is 12.8. The molecule has 0 bridgehead atoms. The minimum Gasteiger partial charge on any atom is -0.460 e. The SMILES string of the molecule is C=CCC(C(=O)OC(C)(C)C)C(CC(C)C)C(=O)NC1CCCCn2c(-c3ccc(Br)cc3)nnc21. The van der Waals surface area contributed by atoms with Crippen LogP contribution in [0.1, 0.15) is 78.6 Å². The maximum atomic E-state index is 13.8. The van der Waals surface area contributed by atoms with Crippen molar-refractivity contribution in [2.75, 3.05) is 0 Å². The number of carbonyl (C=O) groups excluding carboxylic acids is 2. The van der Waals surface area contributed by atoms with Crippen molar-refractivity contribution in [1.29, 1.82) is 0 Å². The molecule has 1 aliphatic rings. The number of ether oxygens (including phenoxy) is 1. The number of fused-ring (bicyclic) bond motifs is 1. The molecule has 0 saturated heterocycles. The van der Waals surface area contributed by atoms with E-state index in [1.807, 2.05) is 45.0 Å². The fourth-order valence-electron chi connectivity index (χ4n) is 4.71. The molecule has 2 aromatic rings. The van der Waals surface area contributed by atoms with Crippen LogP contribution < -0.4 is 5.32 Å². The van der Waals surface area contributed by atoms with Crippen LogP contribution in [0.15, 0.2) is 41.4 Å². The minimum absolute atomic E-state index is 0.145. The molecule has 0 aliphatic carbocycles. The third kappa shape index (κ3) is 7.28. The summed E-state index contributed by atoms with van der Waals surface area (Å²) in [7, 11) is 0. The molecule has 1 N–H and O–H groups in total. The Morgan fingerprint density at radius 3 is 2.50 bits per heavy atom. The zero-order valence-corrected chi connectivity index (χ0v) is 23.7. The highest BCUT2D eigenvalue weighted by molar-refractivity contribution is 9.10. The van der Waals surface area contributed by atoms with Crippen LogP contribution in [-0.4, -0.2) is 32.2 Å². The number of rotatable bonds is 9. The van der Waals surface area contributed by atoms with E-state index in [1.54, 1.807) is 6.08 Å². The first-order chi connectivity index (χ1) is 17.0. The summed E-state index contributed by atoms with van der Waals surface area (Å²) in [5.41, 5.74) is 0.355. The Morgan fingerprint density at radius 2 is 1.89 bits per heavy atom. The highest BCUT2D eigenvalue weighted by Gasteiger charge is 2.37. The van der Waals surface area contributed by atoms with Crippen molar-refractivity contribution < 1.29 is 14.3 Å². The van der Waals surface area contributed by atoms with Gasteiger partial charge in [-0.15, -0.1) is 16.8 Å². The molecule has 0 radical (unpaired) electrons. The number of aromatic nitrogens is 3. The number of halogens is 1. The van der Waals surface area contributed by atoms with E-state index < -0.39 is 17.4 Å². The monoisotopic (exact) mass is 558 g/mol. The van der Waals surface area contributed by atoms with Gasteiger partial charge in [0.05, 0.1) is 17.9 Å². The zero-order chi connectivity index (χ0) is 26.5. The van der Waals surface area contributed by atoms with E-state index in [0.717, 1.165) is 47.5 Å². The van der Waals surface area contributed by atoms with E-state index in [-0.39, 0.29) is 23.8 Å². The number of nitrogens with zero attached hydrogens (tertiary/aromatic N) is 3. The highest BCUT2D eigenvalue weighted by atomic mass is 79.9. The number of amides is 1. The van der Waals surface area contributed by atoms with Crippen molar-refractivity contribution in [2.24, 2.45) is 17.8 Å². The third-order valence-corrected chi connectivity index (χ3v) is 6.84. The molecule has 196 valence electrons. The molecular weight excluding hydrogens is 520 g/mol. The normalized spacial score (nSPS) is 17.6. The van der Waals surface area contributed by atoms with Gasteiger partial charge in [0.2, 0.25) is 5.91 Å². The van der Waals surface area contributed by atoms with Gasteiger partial charge in [-0.2, -0.15) is 0 Å². The summed E-state index contributed by atoms with van der Waals surface area (Å²) >= 11 is 3.48. The number of hydrogen-bond donors (Lipinski definition) is 1. The first-order valence-corrected chi connectivity index (χ1v) is 13.6. The van der Waals surface area contributed by atoms with E-state index in [4.69, 9.17) is 4.74 Å². The Kier molecular flexibility index (Phi) is 9.50. The van der Waals surface area contributed by atoms with E-state index in [1.165, 1.54) is 0 Å². The van der Waals surface area contributed by atoms with Crippen LogP contribution in [-0.2, 0) is 20.9 Å². The van der Waals surface area contributed by atoms with Gasteiger partial charge in [0.15, 0.2) is 11.6 Å². The van der Waals surface area contributed by atoms with E-state index in [0.29, 0.717) is 12.8 Å². The van der Waals surface area contributed by atoms with Gasteiger partial charge in [0.1, 0.15) is 5.60 Å². The average molecular weight is 560 g/mol. The van der Waals surface area contributed by atoms with Gasteiger partial charge in [-0.3, -0.25) is 9.59 Å². The predicted octanol–water partition coefficient (Wildman–Crippen LogP) is 6.25. The Morgan fingerprint density at radius 1 is 1.19 bits per heavy atom. The molecule has 2 heterocycles. The maximum absolute atomic E-state index is 13.8. The predicted molar refractivity (Wildman–Crippen MR) is 145 cm³/mol. The molecule has 0 spiro atoms. The lowest BCUT2D eigenvalue weighted by Gasteiger charge is -2.30. The largest absolute Gasteiger partial charge is 0.460 e. The van der Waals surface area contributed by atoms with E-state index >= 15 is 0 Å². The highest BCUT2D eigenvalue weighted by Crippen LogP contribution is 2.32. The zero-order valence-electron chi connectivity index (χ0n) is 22.1. The second-order valence-corrected chi connectivity index (χ2v) is 11.9. The number of benzene rings is 1. The lowest BCUT2D eigenvalue weighted by atomic mass is 9.82. The summed E-state index contributed by atoms with van der Waals surface area (Å²) < 4.78 is 8.82. The molecule has 3 rings (SSSR count). The molecule has 1 aliphatic heterocycles. The Balaban J connectivity index is 1.88. The van der Waals surface area contributed by atoms with Crippen molar-refractivity contribution in [3.05, 3.63) is 47.2 Å². The standard InChI is InChI=1S/C28H39BrN4O3/c1-7-10-21(27(35)36-28(4,5)6)22(17-18(2)3)26(34)30-23-11-8-9-16-33-24(31-32-25(23)33)19-12-14-20(29)15-13-19/h7,12-15,18,21-23H,1,8-11,16-17H2,2-6H3,(H,30,34). The molecule has 36 heavy (non-hydrogen) atoms. The van der Waals surface area contributed by atoms with Gasteiger partial charge >= 0.3 is 5.97 Å². The molecule has 0 fully saturated rings. The topological polar surface area (TPSA) is 86.1 Å². The molecule has 1 aromatic heterocycles. The Hall–Kier alpha value is -2.48. The smallest absolute Gasteiger partial charge is 0.310 e. The molecule has 1 aromatic carbocycles. The number of carbonyl (C=O) groups is 2. The number of nitrogens with one attached hydrogen (secondary N) is 1. The molecule has 1 amide bonds. The second kappa shape index (κ2) is 12.2. The molecule has 3 atom stereocenters. The number of hydrogen-bond acceptors (Lipinski definition) is 5. The number of esters is 1. The Labute approximate surface area is 223 Å². The summed E-state index contributed by atoms with van der Waals surface area (Å²) in [6.45, 7) is 14.3. The number of allylic oxidation sites excluding steroid dienone is 1. The van der Waals surface area contributed by atoms with Gasteiger partial charge in [-0.1, -0.05) is 48.0 Å². The van der Waals surface area contributed by atoms with Crippen LogP contribution >= 0.6 is 15.9 Å². The van der Waals surface area contributed by atoms with Crippen LogP contribution in [0.5, 0.6) is 0 Å². The Bertz CT molecular complexity index is 1060. The summed E-state index contributed by atoms with van der Waals surface area (Å²) in [5, 5.41) is 12.2. The quantitative estimate of drug-likeness (QED) is 0.290. The third-order valence-electron chi connectivity index (χ3n) is 6.31. The lowest BCUT2D eigenvalue weighted by Crippen LogP contribution is -2.42. The van der Waals surface area contributed by atoms with E-state index in [9.17, 15) is 9.59 Å². The van der Waals surface area contributed by atoms with Crippen LogP contribution in [0.25, 0.3) is 11.4 Å². The average Bonchev–Trinajstić information content (AvgIpc) is 3.11. The summed E-state index contributed by atoms with van der Waals surface area (Å²) in [4.78, 5) is 26.9. The van der Waals surface area contributed by atoms with Gasteiger partial charge < -0.3 is 14.6 Å². The van der Waals surface area contributed by atoms with Crippen molar-refractivity contribution >= 4 is 27.8 Å². The van der Waals surface area contributed by atoms with Crippen LogP contribution in [0.4, 0.5) is 0 Å². The summed E-state index contributed by atoms with van der Waals surface area (Å²) in [5.74, 6) is 0.180. The van der Waals surface area contributed by atoms with Crippen molar-refractivity contribution in [3.63, 3.8) is 0 Å². The molecule has 0 saturated carbocycles. The van der Waals surface area contributed by atoms with Crippen LogP contribution in [0.2, 0.25) is 0 Å². The van der Waals surface area contributed by atoms with Crippen LogP contribution in [0.3, 0.4) is 0 Å². The first kappa shape index (κ1) is 28.1. The summed E-state index contributed by atoms with van der Waals surface area (Å²) in [6, 6.07) is 7.73. The second-order valence-electron chi connectivity index (χ2n) is 11.0. The van der Waals surface area contributed by atoms with Gasteiger partial charge in [-0.25, -0.2) is 0 Å². The molecular formula is C28H39BrN4O3. The van der Waals surface area contributed by atoms with Gasteiger partial charge in [0.25, 0.3) is 0 Å². The molecule has 3 unspecified atom stereocenters. The van der Waals surface area contributed by atoms with Crippen molar-refractivity contribution in [2.45, 2.75) is 84.9 Å².